The fraction of sp³-hybridized carbons (Fsp3) is 0.500. The van der Waals surface area contributed by atoms with Crippen molar-refractivity contribution in [3.63, 3.8) is 0 Å². The van der Waals surface area contributed by atoms with Crippen LogP contribution in [0.4, 0.5) is 5.69 Å². The SMILES string of the molecule is O=C(NCCCN1CCCc2ccccc21)c1ccc(CN2CCCC2)o1. The number of fused-ring (bicyclic) bond motifs is 1. The van der Waals surface area contributed by atoms with Crippen molar-refractivity contribution in [1.29, 1.82) is 0 Å². The second-order valence-electron chi connectivity index (χ2n) is 7.58. The summed E-state index contributed by atoms with van der Waals surface area (Å²) in [5.41, 5.74) is 2.79. The van der Waals surface area contributed by atoms with Crippen LogP contribution in [0.3, 0.4) is 0 Å². The molecule has 27 heavy (non-hydrogen) atoms. The van der Waals surface area contributed by atoms with Gasteiger partial charge in [0, 0.05) is 25.3 Å². The summed E-state index contributed by atoms with van der Waals surface area (Å²) < 4.78 is 5.74. The molecule has 4 rings (SSSR count). The van der Waals surface area contributed by atoms with Crippen LogP contribution < -0.4 is 10.2 Å². The first-order valence-corrected chi connectivity index (χ1v) is 10.2. The molecule has 0 atom stereocenters. The van der Waals surface area contributed by atoms with E-state index in [4.69, 9.17) is 4.42 Å². The Morgan fingerprint density at radius 3 is 2.78 bits per heavy atom. The highest BCUT2D eigenvalue weighted by atomic mass is 16.4. The number of carbonyl (C=O) groups is 1. The van der Waals surface area contributed by atoms with E-state index in [0.717, 1.165) is 44.9 Å². The number of amides is 1. The molecule has 0 saturated carbocycles. The third-order valence-corrected chi connectivity index (χ3v) is 5.56. The van der Waals surface area contributed by atoms with Gasteiger partial charge in [0.2, 0.25) is 0 Å². The average molecular weight is 367 g/mol. The number of likely N-dealkylation sites (tertiary alicyclic amines) is 1. The molecule has 0 radical (unpaired) electrons. The van der Waals surface area contributed by atoms with Gasteiger partial charge in [-0.05, 0) is 69.0 Å². The maximum absolute atomic E-state index is 12.3. The van der Waals surface area contributed by atoms with Gasteiger partial charge < -0.3 is 14.6 Å². The number of hydrogen-bond acceptors (Lipinski definition) is 4. The highest BCUT2D eigenvalue weighted by Crippen LogP contribution is 2.26. The molecule has 2 aliphatic rings. The van der Waals surface area contributed by atoms with Gasteiger partial charge in [-0.25, -0.2) is 0 Å². The summed E-state index contributed by atoms with van der Waals surface area (Å²) in [4.78, 5) is 17.1. The van der Waals surface area contributed by atoms with Crippen LogP contribution >= 0.6 is 0 Å². The molecule has 5 heteroatoms. The Morgan fingerprint density at radius 2 is 1.89 bits per heavy atom. The molecule has 1 amide bonds. The van der Waals surface area contributed by atoms with E-state index in [1.165, 1.54) is 36.9 Å². The average Bonchev–Trinajstić information content (AvgIpc) is 3.38. The first kappa shape index (κ1) is 18.1. The van der Waals surface area contributed by atoms with Gasteiger partial charge in [0.05, 0.1) is 6.54 Å². The number of carbonyl (C=O) groups excluding carboxylic acids is 1. The van der Waals surface area contributed by atoms with Crippen LogP contribution in [0.25, 0.3) is 0 Å². The van der Waals surface area contributed by atoms with E-state index in [1.54, 1.807) is 6.07 Å². The molecule has 0 unspecified atom stereocenters. The summed E-state index contributed by atoms with van der Waals surface area (Å²) in [7, 11) is 0. The van der Waals surface area contributed by atoms with E-state index >= 15 is 0 Å². The second-order valence-corrected chi connectivity index (χ2v) is 7.58. The summed E-state index contributed by atoms with van der Waals surface area (Å²) in [6, 6.07) is 12.4. The minimum atomic E-state index is -0.110. The Hall–Kier alpha value is -2.27. The van der Waals surface area contributed by atoms with E-state index in [2.05, 4.69) is 39.4 Å². The van der Waals surface area contributed by atoms with Crippen molar-refractivity contribution in [2.75, 3.05) is 37.6 Å². The lowest BCUT2D eigenvalue weighted by molar-refractivity contribution is 0.0922. The van der Waals surface area contributed by atoms with E-state index in [1.807, 2.05) is 6.07 Å². The van der Waals surface area contributed by atoms with Crippen molar-refractivity contribution in [2.24, 2.45) is 0 Å². The monoisotopic (exact) mass is 367 g/mol. The highest BCUT2D eigenvalue weighted by molar-refractivity contribution is 5.91. The summed E-state index contributed by atoms with van der Waals surface area (Å²) in [6.45, 7) is 5.80. The van der Waals surface area contributed by atoms with E-state index < -0.39 is 0 Å². The summed E-state index contributed by atoms with van der Waals surface area (Å²) in [6.07, 6.45) is 5.82. The predicted molar refractivity (Wildman–Crippen MR) is 107 cm³/mol. The highest BCUT2D eigenvalue weighted by Gasteiger charge is 2.17. The molecule has 1 fully saturated rings. The van der Waals surface area contributed by atoms with E-state index in [9.17, 15) is 4.79 Å². The van der Waals surface area contributed by atoms with Gasteiger partial charge in [0.25, 0.3) is 5.91 Å². The molecule has 2 aliphatic heterocycles. The Kier molecular flexibility index (Phi) is 5.78. The van der Waals surface area contributed by atoms with Crippen LogP contribution in [0.15, 0.2) is 40.8 Å². The maximum atomic E-state index is 12.3. The molecule has 1 aromatic heterocycles. The minimum absolute atomic E-state index is 0.110. The Balaban J connectivity index is 1.22. The zero-order valence-corrected chi connectivity index (χ0v) is 16.0. The van der Waals surface area contributed by atoms with Gasteiger partial charge in [-0.1, -0.05) is 18.2 Å². The first-order valence-electron chi connectivity index (χ1n) is 10.2. The van der Waals surface area contributed by atoms with Crippen LogP contribution in [0, 0.1) is 0 Å². The number of aryl methyl sites for hydroxylation is 1. The molecule has 0 bridgehead atoms. The fourth-order valence-corrected chi connectivity index (χ4v) is 4.15. The number of furan rings is 1. The normalized spacial score (nSPS) is 17.1. The zero-order chi connectivity index (χ0) is 18.5. The van der Waals surface area contributed by atoms with Gasteiger partial charge in [-0.3, -0.25) is 9.69 Å². The molecule has 0 spiro atoms. The molecule has 5 nitrogen and oxygen atoms in total. The number of hydrogen-bond donors (Lipinski definition) is 1. The molecular formula is C22H29N3O2. The van der Waals surface area contributed by atoms with Crippen molar-refractivity contribution >= 4 is 11.6 Å². The molecule has 1 N–H and O–H groups in total. The summed E-state index contributed by atoms with van der Waals surface area (Å²) in [5.74, 6) is 1.20. The van der Waals surface area contributed by atoms with E-state index in [0.29, 0.717) is 12.3 Å². The molecule has 0 aliphatic carbocycles. The van der Waals surface area contributed by atoms with Gasteiger partial charge in [-0.15, -0.1) is 0 Å². The zero-order valence-electron chi connectivity index (χ0n) is 16.0. The maximum Gasteiger partial charge on any atom is 0.286 e. The van der Waals surface area contributed by atoms with Gasteiger partial charge >= 0.3 is 0 Å². The molecule has 3 heterocycles. The number of para-hydroxylation sites is 1. The smallest absolute Gasteiger partial charge is 0.286 e. The minimum Gasteiger partial charge on any atom is -0.455 e. The van der Waals surface area contributed by atoms with Crippen LogP contribution in [-0.4, -0.2) is 43.5 Å². The number of nitrogens with one attached hydrogen (secondary N) is 1. The standard InChI is InChI=1S/C22H29N3O2/c26-22(21-11-10-19(27-21)17-24-13-3-4-14-24)23-12-6-16-25-15-5-8-18-7-1-2-9-20(18)25/h1-2,7,9-11H,3-6,8,12-17H2,(H,23,26). The lowest BCUT2D eigenvalue weighted by Gasteiger charge is -2.31. The fourth-order valence-electron chi connectivity index (χ4n) is 4.15. The van der Waals surface area contributed by atoms with Crippen molar-refractivity contribution < 1.29 is 9.21 Å². The van der Waals surface area contributed by atoms with Gasteiger partial charge in [0.15, 0.2) is 5.76 Å². The lowest BCUT2D eigenvalue weighted by Crippen LogP contribution is -2.33. The number of anilines is 1. The van der Waals surface area contributed by atoms with Gasteiger partial charge in [0.1, 0.15) is 5.76 Å². The summed E-state index contributed by atoms with van der Waals surface area (Å²) >= 11 is 0. The number of nitrogens with zero attached hydrogens (tertiary/aromatic N) is 2. The van der Waals surface area contributed by atoms with Crippen molar-refractivity contribution in [3.8, 4) is 0 Å². The van der Waals surface area contributed by atoms with Crippen LogP contribution in [0.5, 0.6) is 0 Å². The largest absolute Gasteiger partial charge is 0.455 e. The van der Waals surface area contributed by atoms with Gasteiger partial charge in [-0.2, -0.15) is 0 Å². The topological polar surface area (TPSA) is 48.7 Å². The first-order chi connectivity index (χ1) is 13.3. The Labute approximate surface area is 161 Å². The van der Waals surface area contributed by atoms with Crippen LogP contribution in [-0.2, 0) is 13.0 Å². The third kappa shape index (κ3) is 4.53. The summed E-state index contributed by atoms with van der Waals surface area (Å²) in [5, 5.41) is 3.00. The molecular weight excluding hydrogens is 338 g/mol. The lowest BCUT2D eigenvalue weighted by atomic mass is 10.0. The van der Waals surface area contributed by atoms with Crippen LogP contribution in [0.2, 0.25) is 0 Å². The molecule has 2 aromatic rings. The quantitative estimate of drug-likeness (QED) is 0.762. The Morgan fingerprint density at radius 1 is 1.04 bits per heavy atom. The number of benzene rings is 1. The second kappa shape index (κ2) is 8.61. The predicted octanol–water partition coefficient (Wildman–Crippen LogP) is 3.45. The van der Waals surface area contributed by atoms with Crippen LogP contribution in [0.1, 0.15) is 47.6 Å². The van der Waals surface area contributed by atoms with Crippen molar-refractivity contribution in [2.45, 2.75) is 38.6 Å². The molecule has 1 saturated heterocycles. The van der Waals surface area contributed by atoms with E-state index in [-0.39, 0.29) is 5.91 Å². The Bertz CT molecular complexity index is 764. The molecule has 1 aromatic carbocycles. The number of rotatable bonds is 7. The third-order valence-electron chi connectivity index (χ3n) is 5.56. The molecule has 144 valence electrons. The van der Waals surface area contributed by atoms with Crippen molar-refractivity contribution in [1.82, 2.24) is 10.2 Å². The van der Waals surface area contributed by atoms with Crippen molar-refractivity contribution in [3.05, 3.63) is 53.5 Å².